The Kier molecular flexibility index (Phi) is 22.7. The highest BCUT2D eigenvalue weighted by molar-refractivity contribution is 7.19. The average Bonchev–Trinajstić information content (AvgIpc) is 1.66. The van der Waals surface area contributed by atoms with Crippen molar-refractivity contribution in [2.24, 2.45) is 23.3 Å². The SMILES string of the molecule is C[C@@H]1CCN[C@@H]1C(N)=O.Cc1nc(CC(=O)N2CC[C@@H](C)[C@H]2C(N)=O)sc1-c1ccnc(C2(C)CC2)c1.Cc1nc(CC(=O)n2ccnc2)sc1-c1ccnc(C2(C)CC2)c1.Cc1nc(N)sc1-c1ccnc(C2(C)CC2)c1.ClCCl.O=C(n1ccnc1)n1ccnc1. The van der Waals surface area contributed by atoms with Crippen molar-refractivity contribution in [2.45, 2.75) is 148 Å². The van der Waals surface area contributed by atoms with Crippen LogP contribution in [0.15, 0.2) is 111 Å². The van der Waals surface area contributed by atoms with Gasteiger partial charge in [0.2, 0.25) is 23.6 Å². The maximum absolute atomic E-state index is 12.8. The summed E-state index contributed by atoms with van der Waals surface area (Å²) >= 11 is 14.2. The van der Waals surface area contributed by atoms with E-state index in [4.69, 9.17) is 40.4 Å². The molecule has 3 amide bonds. The number of likely N-dealkylation sites (tertiary alicyclic amines) is 1. The molecule has 5 aliphatic rings. The number of primary amides is 2. The van der Waals surface area contributed by atoms with E-state index in [0.717, 1.165) is 83.6 Å². The van der Waals surface area contributed by atoms with Gasteiger partial charge in [0.1, 0.15) is 35.0 Å². The number of nitrogens with zero attached hydrogens (tertiary/aromatic N) is 13. The van der Waals surface area contributed by atoms with E-state index in [9.17, 15) is 24.0 Å². The molecule has 9 aromatic rings. The van der Waals surface area contributed by atoms with E-state index in [0.29, 0.717) is 23.0 Å². The van der Waals surface area contributed by atoms with Crippen molar-refractivity contribution in [3.05, 3.63) is 155 Å². The topological polar surface area (TPSA) is 309 Å². The minimum Gasteiger partial charge on any atom is -0.375 e. The molecule has 0 unspecified atom stereocenters. The summed E-state index contributed by atoms with van der Waals surface area (Å²) in [6.45, 7) is 18.3. The number of aryl methyl sites for hydroxylation is 3. The first-order valence-corrected chi connectivity index (χ1v) is 34.3. The zero-order valence-electron chi connectivity index (χ0n) is 53.5. The molecule has 0 aromatic carbocycles. The van der Waals surface area contributed by atoms with Crippen LogP contribution in [0, 0.1) is 32.6 Å². The molecule has 5 fully saturated rings. The summed E-state index contributed by atoms with van der Waals surface area (Å²) in [5, 5.41) is 5.46. The van der Waals surface area contributed by atoms with Crippen LogP contribution in [0.25, 0.3) is 31.3 Å². The van der Waals surface area contributed by atoms with Gasteiger partial charge >= 0.3 is 6.03 Å². The zero-order valence-corrected chi connectivity index (χ0v) is 57.4. The highest BCUT2D eigenvalue weighted by Crippen LogP contribution is 2.49. The van der Waals surface area contributed by atoms with Crippen LogP contribution in [0.5, 0.6) is 0 Å². The second-order valence-electron chi connectivity index (χ2n) is 24.8. The van der Waals surface area contributed by atoms with Crippen molar-refractivity contribution in [1.82, 2.24) is 68.8 Å². The Morgan fingerprint density at radius 3 is 1.32 bits per heavy atom. The number of halogens is 2. The Hall–Kier alpha value is -7.94. The average molecular weight is 1360 g/mol. The lowest BCUT2D eigenvalue weighted by Gasteiger charge is -2.23. The largest absolute Gasteiger partial charge is 0.375 e. The van der Waals surface area contributed by atoms with Crippen molar-refractivity contribution in [3.8, 4) is 31.3 Å². The van der Waals surface area contributed by atoms with Gasteiger partial charge in [-0.25, -0.2) is 34.7 Å². The maximum Gasteiger partial charge on any atom is 0.338 e. The van der Waals surface area contributed by atoms with Crippen LogP contribution < -0.4 is 22.5 Å². The van der Waals surface area contributed by atoms with E-state index in [1.54, 1.807) is 76.1 Å². The molecule has 3 saturated carbocycles. The zero-order chi connectivity index (χ0) is 66.8. The Balaban J connectivity index is 0.000000142. The van der Waals surface area contributed by atoms with E-state index in [1.165, 1.54) is 82.5 Å². The second-order valence-corrected chi connectivity index (χ2v) is 28.8. The van der Waals surface area contributed by atoms with Gasteiger partial charge in [0, 0.05) is 95.6 Å². The van der Waals surface area contributed by atoms with Crippen LogP contribution in [0.1, 0.15) is 135 Å². The Morgan fingerprint density at radius 1 is 0.570 bits per heavy atom. The van der Waals surface area contributed by atoms with Crippen molar-refractivity contribution >= 4 is 92.0 Å². The molecule has 2 aliphatic heterocycles. The third-order valence-corrected chi connectivity index (χ3v) is 20.9. The number of nitrogen functional groups attached to an aromatic ring is 1. The summed E-state index contributed by atoms with van der Waals surface area (Å²) < 4.78 is 4.25. The number of hydrogen-bond donors (Lipinski definition) is 4. The van der Waals surface area contributed by atoms with Gasteiger partial charge in [0.25, 0.3) is 0 Å². The maximum atomic E-state index is 12.8. The van der Waals surface area contributed by atoms with E-state index in [2.05, 4.69) is 89.1 Å². The molecular formula is C66H79Cl2N17O5S3. The molecule has 0 radical (unpaired) electrons. The molecule has 0 spiro atoms. The lowest BCUT2D eigenvalue weighted by atomic mass is 10.0. The van der Waals surface area contributed by atoms with Crippen molar-refractivity contribution < 1.29 is 24.0 Å². The van der Waals surface area contributed by atoms with Gasteiger partial charge in [-0.15, -0.1) is 45.9 Å². The van der Waals surface area contributed by atoms with Gasteiger partial charge in [-0.2, -0.15) is 0 Å². The van der Waals surface area contributed by atoms with Gasteiger partial charge in [-0.3, -0.25) is 47.8 Å². The van der Waals surface area contributed by atoms with Gasteiger partial charge in [0.05, 0.1) is 55.9 Å². The number of aromatic nitrogens is 12. The molecule has 27 heteroatoms. The van der Waals surface area contributed by atoms with Gasteiger partial charge < -0.3 is 27.4 Å². The van der Waals surface area contributed by atoms with E-state index < -0.39 is 11.9 Å². The van der Waals surface area contributed by atoms with Crippen molar-refractivity contribution in [1.29, 1.82) is 0 Å². The summed E-state index contributed by atoms with van der Waals surface area (Å²) in [5.41, 5.74) is 26.9. The number of carbonyl (C=O) groups is 5. The van der Waals surface area contributed by atoms with Gasteiger partial charge in [0.15, 0.2) is 5.13 Å². The van der Waals surface area contributed by atoms with Crippen molar-refractivity contribution in [2.75, 3.05) is 24.2 Å². The monoisotopic (exact) mass is 1360 g/mol. The number of alkyl halides is 2. The summed E-state index contributed by atoms with van der Waals surface area (Å²) in [5.74, 6) is -0.216. The Bertz CT molecular complexity index is 3990. The number of rotatable bonds is 12. The number of thiazole rings is 3. The number of carbonyl (C=O) groups excluding carboxylic acids is 5. The summed E-state index contributed by atoms with van der Waals surface area (Å²) in [6, 6.07) is 11.8. The number of hydrogen-bond acceptors (Lipinski definition) is 19. The van der Waals surface area contributed by atoms with E-state index in [-0.39, 0.29) is 64.7 Å². The number of nitrogens with one attached hydrogen (secondary N) is 1. The molecule has 22 nitrogen and oxygen atoms in total. The Morgan fingerprint density at radius 2 is 0.978 bits per heavy atom. The predicted molar refractivity (Wildman–Crippen MR) is 365 cm³/mol. The molecule has 93 heavy (non-hydrogen) atoms. The standard InChI is InChI=1S/C21H26N4O2S.C18H18N4OS.C13H15N3S.C7H6N4O.C6H12N2O.CH2Cl2/c1-12-5-9-25(18(12)20(22)27)17(26)11-16-24-13(2)19(28-16)14-4-8-23-15(10-14)21(3)6-7-21;1-12-17(13-3-6-20-14(9-13)18(2)4-5-18)24-15(21-12)10-16(23)22-8-7-19-11-22;1-8-11(17-12(14)16-8)9-3-6-15-10(7-9)13(2)4-5-13;12-7(10-3-1-8-5-10)11-4-2-9-6-11;1-4-2-3-8-5(4)6(7)9;2-1-3/h4,8,10,12,18H,5-7,9,11H2,1-3H3,(H2,22,27);3,6-9,11H,4-5,10H2,1-2H3;3,6-7H,4-5H2,1-2H3,(H2,14,16);1-6H;4-5,8H,2-3H2,1H3,(H2,7,9);1H2/t12-,18+;;;;4-,5+;/m1...1./s1. The normalized spacial score (nSPS) is 18.9. The first-order valence-electron chi connectivity index (χ1n) is 30.7. The molecule has 7 N–H and O–H groups in total. The Labute approximate surface area is 563 Å². The second kappa shape index (κ2) is 30.4. The number of anilines is 1. The summed E-state index contributed by atoms with van der Waals surface area (Å²) in [4.78, 5) is 102. The lowest BCUT2D eigenvalue weighted by molar-refractivity contribution is -0.137. The fourth-order valence-electron chi connectivity index (χ4n) is 10.9. The lowest BCUT2D eigenvalue weighted by Crippen LogP contribution is -2.46. The quantitative estimate of drug-likeness (QED) is 0.0826. The molecule has 14 rings (SSSR count). The molecule has 9 aromatic heterocycles. The highest BCUT2D eigenvalue weighted by Gasteiger charge is 2.43. The molecule has 490 valence electrons. The number of pyridine rings is 3. The summed E-state index contributed by atoms with van der Waals surface area (Å²) in [6.07, 6.45) is 29.2. The van der Waals surface area contributed by atoms with Gasteiger partial charge in [-0.1, -0.05) is 46.0 Å². The van der Waals surface area contributed by atoms with E-state index >= 15 is 0 Å². The number of amides is 3. The van der Waals surface area contributed by atoms with Crippen LogP contribution in [0.3, 0.4) is 0 Å². The third kappa shape index (κ3) is 17.7. The predicted octanol–water partition coefficient (Wildman–Crippen LogP) is 11.1. The molecule has 3 aliphatic carbocycles. The highest BCUT2D eigenvalue weighted by atomic mass is 35.5. The summed E-state index contributed by atoms with van der Waals surface area (Å²) in [7, 11) is 0. The minimum absolute atomic E-state index is 0.0197. The molecule has 0 bridgehead atoms. The fourth-order valence-corrected chi connectivity index (χ4v) is 13.9. The minimum atomic E-state index is -0.505. The van der Waals surface area contributed by atoms with Crippen molar-refractivity contribution in [3.63, 3.8) is 0 Å². The van der Waals surface area contributed by atoms with E-state index in [1.807, 2.05) is 71.4 Å². The number of nitrogens with two attached hydrogens (primary N) is 3. The first kappa shape index (κ1) is 69.4. The molecule has 11 heterocycles. The van der Waals surface area contributed by atoms with Crippen LogP contribution in [0.2, 0.25) is 0 Å². The van der Waals surface area contributed by atoms with Crippen LogP contribution in [0.4, 0.5) is 9.93 Å². The fraction of sp³-hybridized carbons (Fsp3) is 0.424. The van der Waals surface area contributed by atoms with Crippen LogP contribution in [-0.4, -0.2) is 124 Å². The third-order valence-electron chi connectivity index (χ3n) is 17.4. The smallest absolute Gasteiger partial charge is 0.338 e. The molecule has 4 atom stereocenters. The van der Waals surface area contributed by atoms with Gasteiger partial charge in [-0.05, 0) is 144 Å². The first-order chi connectivity index (χ1) is 44.4. The molecular weight excluding hydrogens is 1280 g/mol. The van der Waals surface area contributed by atoms with Crippen LogP contribution >= 0.6 is 57.2 Å². The van der Waals surface area contributed by atoms with Crippen LogP contribution in [-0.2, 0) is 43.5 Å². The molecule has 2 saturated heterocycles. The number of imidazole rings is 3.